The van der Waals surface area contributed by atoms with Crippen molar-refractivity contribution in [1.82, 2.24) is 24.4 Å². The van der Waals surface area contributed by atoms with Crippen LogP contribution in [0.1, 0.15) is 25.6 Å². The van der Waals surface area contributed by atoms with Gasteiger partial charge in [0.1, 0.15) is 18.2 Å². The lowest BCUT2D eigenvalue weighted by Crippen LogP contribution is -2.50. The van der Waals surface area contributed by atoms with Crippen LogP contribution in [0.3, 0.4) is 0 Å². The van der Waals surface area contributed by atoms with Gasteiger partial charge in [-0.15, -0.1) is 0 Å². The smallest absolute Gasteiger partial charge is 0.245 e. The Hall–Kier alpha value is -2.96. The first-order chi connectivity index (χ1) is 13.2. The Morgan fingerprint density at radius 2 is 1.89 bits per heavy atom. The lowest BCUT2D eigenvalue weighted by atomic mass is 10.2. The molecule has 0 spiro atoms. The van der Waals surface area contributed by atoms with Crippen LogP contribution in [0.25, 0.3) is 11.0 Å². The Bertz CT molecular complexity index is 944. The summed E-state index contributed by atoms with van der Waals surface area (Å²) < 4.78 is 1.96. The molecule has 1 aromatic carbocycles. The summed E-state index contributed by atoms with van der Waals surface area (Å²) in [6, 6.07) is 9.68. The Labute approximate surface area is 158 Å². The number of hydrogen-bond acceptors (Lipinski definition) is 5. The van der Waals surface area contributed by atoms with Crippen molar-refractivity contribution in [2.45, 2.75) is 26.3 Å². The molecule has 0 N–H and O–H groups in total. The molecule has 0 radical (unpaired) electrons. The summed E-state index contributed by atoms with van der Waals surface area (Å²) in [6.45, 7) is 6.99. The van der Waals surface area contributed by atoms with Gasteiger partial charge in [-0.2, -0.15) is 0 Å². The molecule has 0 bridgehead atoms. The second-order valence-corrected chi connectivity index (χ2v) is 6.85. The van der Waals surface area contributed by atoms with Crippen molar-refractivity contribution in [3.05, 3.63) is 48.7 Å². The van der Waals surface area contributed by atoms with Crippen molar-refractivity contribution in [3.63, 3.8) is 0 Å². The number of fused-ring (bicyclic) bond motifs is 1. The molecular weight excluding hydrogens is 340 g/mol. The first-order valence-corrected chi connectivity index (χ1v) is 9.43. The van der Waals surface area contributed by atoms with E-state index < -0.39 is 0 Å². The number of para-hydroxylation sites is 2. The van der Waals surface area contributed by atoms with E-state index in [9.17, 15) is 4.79 Å². The van der Waals surface area contributed by atoms with Crippen LogP contribution in [-0.2, 0) is 11.2 Å². The largest absolute Gasteiger partial charge is 0.353 e. The molecule has 3 heterocycles. The topological polar surface area (TPSA) is 67.2 Å². The van der Waals surface area contributed by atoms with Crippen LogP contribution in [0.4, 0.5) is 5.82 Å². The van der Waals surface area contributed by atoms with Gasteiger partial charge in [0.15, 0.2) is 0 Å². The maximum atomic E-state index is 13.0. The lowest BCUT2D eigenvalue weighted by Gasteiger charge is -2.36. The minimum Gasteiger partial charge on any atom is -0.353 e. The highest BCUT2D eigenvalue weighted by molar-refractivity contribution is 5.83. The fourth-order valence-electron chi connectivity index (χ4n) is 3.58. The Morgan fingerprint density at radius 1 is 1.11 bits per heavy atom. The average molecular weight is 364 g/mol. The highest BCUT2D eigenvalue weighted by atomic mass is 16.2. The van der Waals surface area contributed by atoms with Crippen LogP contribution >= 0.6 is 0 Å². The third kappa shape index (κ3) is 3.37. The highest BCUT2D eigenvalue weighted by Crippen LogP contribution is 2.21. The predicted octanol–water partition coefficient (Wildman–Crippen LogP) is 2.30. The third-order valence-electron chi connectivity index (χ3n) is 5.24. The molecule has 1 amide bonds. The van der Waals surface area contributed by atoms with E-state index in [0.717, 1.165) is 42.1 Å². The van der Waals surface area contributed by atoms with E-state index in [0.29, 0.717) is 13.1 Å². The number of hydrogen-bond donors (Lipinski definition) is 0. The average Bonchev–Trinajstić information content (AvgIpc) is 3.17. The van der Waals surface area contributed by atoms with Gasteiger partial charge >= 0.3 is 0 Å². The van der Waals surface area contributed by atoms with Gasteiger partial charge in [0.2, 0.25) is 5.91 Å². The number of rotatable bonds is 4. The first kappa shape index (κ1) is 17.5. The molecule has 2 aromatic heterocycles. The number of nitrogens with zero attached hydrogens (tertiary/aromatic N) is 6. The molecule has 4 rings (SSSR count). The van der Waals surface area contributed by atoms with Gasteiger partial charge in [0.25, 0.3) is 0 Å². The number of amides is 1. The number of aryl methyl sites for hydroxylation is 1. The van der Waals surface area contributed by atoms with Crippen LogP contribution in [0, 0.1) is 0 Å². The van der Waals surface area contributed by atoms with E-state index >= 15 is 0 Å². The molecule has 1 saturated heterocycles. The summed E-state index contributed by atoms with van der Waals surface area (Å²) in [5.74, 6) is 1.08. The molecule has 7 heteroatoms. The maximum Gasteiger partial charge on any atom is 0.245 e. The number of carbonyl (C=O) groups is 1. The van der Waals surface area contributed by atoms with Crippen molar-refractivity contribution in [2.75, 3.05) is 31.1 Å². The van der Waals surface area contributed by atoms with Crippen molar-refractivity contribution < 1.29 is 4.79 Å². The van der Waals surface area contributed by atoms with Crippen LogP contribution in [0.2, 0.25) is 0 Å². The van der Waals surface area contributed by atoms with Gasteiger partial charge in [-0.25, -0.2) is 15.0 Å². The number of benzene rings is 1. The number of carbonyl (C=O) groups excluding carboxylic acids is 1. The fourth-order valence-corrected chi connectivity index (χ4v) is 3.58. The molecule has 1 unspecified atom stereocenters. The molecule has 1 aliphatic heterocycles. The van der Waals surface area contributed by atoms with Crippen molar-refractivity contribution in [2.24, 2.45) is 0 Å². The minimum absolute atomic E-state index is 0.134. The summed E-state index contributed by atoms with van der Waals surface area (Å²) in [4.78, 5) is 30.2. The number of piperazine rings is 1. The van der Waals surface area contributed by atoms with E-state index in [1.807, 2.05) is 46.7 Å². The van der Waals surface area contributed by atoms with Crippen LogP contribution in [0.15, 0.2) is 43.0 Å². The zero-order valence-electron chi connectivity index (χ0n) is 15.7. The quantitative estimate of drug-likeness (QED) is 0.711. The molecule has 7 nitrogen and oxygen atoms in total. The molecule has 3 aromatic rings. The molecular formula is C20H24N6O. The second-order valence-electron chi connectivity index (χ2n) is 6.85. The van der Waals surface area contributed by atoms with Crippen molar-refractivity contribution in [3.8, 4) is 0 Å². The number of aromatic nitrogens is 4. The van der Waals surface area contributed by atoms with E-state index in [-0.39, 0.29) is 11.9 Å². The van der Waals surface area contributed by atoms with Crippen molar-refractivity contribution in [1.29, 1.82) is 0 Å². The van der Waals surface area contributed by atoms with Crippen molar-refractivity contribution >= 4 is 22.8 Å². The highest BCUT2D eigenvalue weighted by Gasteiger charge is 2.27. The molecule has 27 heavy (non-hydrogen) atoms. The standard InChI is InChI=1S/C20H24N6O/c1-3-16-12-19(22-13-21-16)24-8-10-25(11-9-24)20(27)15(2)26-14-23-17-6-4-5-7-18(17)26/h4-7,12-15H,3,8-11H2,1-2H3. The zero-order valence-corrected chi connectivity index (χ0v) is 15.7. The summed E-state index contributed by atoms with van der Waals surface area (Å²) in [5.41, 5.74) is 2.95. The Kier molecular flexibility index (Phi) is 4.75. The Morgan fingerprint density at radius 3 is 2.67 bits per heavy atom. The monoisotopic (exact) mass is 364 g/mol. The second kappa shape index (κ2) is 7.34. The summed E-state index contributed by atoms with van der Waals surface area (Å²) in [7, 11) is 0. The molecule has 0 aliphatic carbocycles. The van der Waals surface area contributed by atoms with Gasteiger partial charge in [0, 0.05) is 37.9 Å². The number of imidazole rings is 1. The molecule has 1 fully saturated rings. The Balaban J connectivity index is 1.43. The van der Waals surface area contributed by atoms with Crippen LogP contribution in [-0.4, -0.2) is 56.5 Å². The van der Waals surface area contributed by atoms with E-state index in [2.05, 4.69) is 26.8 Å². The normalized spacial score (nSPS) is 15.9. The molecule has 140 valence electrons. The molecule has 1 aliphatic rings. The lowest BCUT2D eigenvalue weighted by molar-refractivity contribution is -0.134. The third-order valence-corrected chi connectivity index (χ3v) is 5.24. The molecule has 0 saturated carbocycles. The summed E-state index contributed by atoms with van der Waals surface area (Å²) in [5, 5.41) is 0. The minimum atomic E-state index is -0.269. The SMILES string of the molecule is CCc1cc(N2CCN(C(=O)C(C)n3cnc4ccccc43)CC2)ncn1. The maximum absolute atomic E-state index is 13.0. The van der Waals surface area contributed by atoms with E-state index in [1.165, 1.54) is 0 Å². The van der Waals surface area contributed by atoms with Gasteiger partial charge < -0.3 is 14.4 Å². The van der Waals surface area contributed by atoms with E-state index in [1.54, 1.807) is 12.7 Å². The molecule has 1 atom stereocenters. The summed E-state index contributed by atoms with van der Waals surface area (Å²) >= 11 is 0. The van der Waals surface area contributed by atoms with E-state index in [4.69, 9.17) is 0 Å². The van der Waals surface area contributed by atoms with Gasteiger partial charge in [-0.1, -0.05) is 19.1 Å². The summed E-state index contributed by atoms with van der Waals surface area (Å²) in [6.07, 6.45) is 4.28. The van der Waals surface area contributed by atoms with Crippen LogP contribution in [0.5, 0.6) is 0 Å². The van der Waals surface area contributed by atoms with Crippen LogP contribution < -0.4 is 4.90 Å². The van der Waals surface area contributed by atoms with Gasteiger partial charge in [-0.05, 0) is 25.5 Å². The van der Waals surface area contributed by atoms with Gasteiger partial charge in [0.05, 0.1) is 17.4 Å². The number of anilines is 1. The fraction of sp³-hybridized carbons (Fsp3) is 0.400. The van der Waals surface area contributed by atoms with Gasteiger partial charge in [-0.3, -0.25) is 4.79 Å². The predicted molar refractivity (Wildman–Crippen MR) is 105 cm³/mol. The first-order valence-electron chi connectivity index (χ1n) is 9.43. The zero-order chi connectivity index (χ0) is 18.8.